The Labute approximate surface area is 186 Å². The van der Waals surface area contributed by atoms with E-state index in [1.807, 2.05) is 27.7 Å². The molecule has 2 rings (SSSR count). The molecule has 0 N–H and O–H groups in total. The number of ketones is 1. The number of hydrogen-bond donors (Lipinski definition) is 0. The van der Waals surface area contributed by atoms with Gasteiger partial charge in [-0.2, -0.15) is 13.2 Å². The van der Waals surface area contributed by atoms with E-state index in [1.165, 1.54) is 17.4 Å². The molecule has 1 fully saturated rings. The Morgan fingerprint density at radius 2 is 1.65 bits per heavy atom. The number of benzene rings is 1. The van der Waals surface area contributed by atoms with Gasteiger partial charge in [0.25, 0.3) is 0 Å². The first-order valence-electron chi connectivity index (χ1n) is 11.6. The second kappa shape index (κ2) is 14.6. The smallest absolute Gasteiger partial charge is 0.299 e. The lowest BCUT2D eigenvalue weighted by atomic mass is 9.81. The van der Waals surface area contributed by atoms with Crippen LogP contribution in [0.1, 0.15) is 89.8 Å². The van der Waals surface area contributed by atoms with Crippen molar-refractivity contribution in [2.45, 2.75) is 92.7 Å². The minimum absolute atomic E-state index is 0.00471. The first-order chi connectivity index (χ1) is 14.5. The summed E-state index contributed by atoms with van der Waals surface area (Å²) in [5, 5.41) is 0. The van der Waals surface area contributed by atoms with Crippen molar-refractivity contribution in [3.8, 4) is 0 Å². The van der Waals surface area contributed by atoms with E-state index in [9.17, 15) is 22.4 Å². The largest absolute Gasteiger partial charge is 0.401 e. The van der Waals surface area contributed by atoms with E-state index in [-0.39, 0.29) is 29.9 Å². The number of rotatable bonds is 6. The number of carbonyl (C=O) groups excluding carboxylic acids is 1. The van der Waals surface area contributed by atoms with E-state index in [4.69, 9.17) is 0 Å². The van der Waals surface area contributed by atoms with E-state index < -0.39 is 12.7 Å². The van der Waals surface area contributed by atoms with Gasteiger partial charge in [0, 0.05) is 12.3 Å². The van der Waals surface area contributed by atoms with Crippen LogP contribution < -0.4 is 0 Å². The van der Waals surface area contributed by atoms with Gasteiger partial charge in [-0.3, -0.25) is 9.69 Å². The van der Waals surface area contributed by atoms with Crippen LogP contribution in [0.15, 0.2) is 12.1 Å². The second-order valence-corrected chi connectivity index (χ2v) is 8.07. The first-order valence-corrected chi connectivity index (χ1v) is 11.6. The van der Waals surface area contributed by atoms with Gasteiger partial charge in [0.2, 0.25) is 0 Å². The number of halogens is 4. The topological polar surface area (TPSA) is 20.3 Å². The molecule has 0 radical (unpaired) electrons. The van der Waals surface area contributed by atoms with Gasteiger partial charge < -0.3 is 0 Å². The van der Waals surface area contributed by atoms with Crippen LogP contribution in [0.2, 0.25) is 0 Å². The third kappa shape index (κ3) is 10.2. The Hall–Kier alpha value is -1.43. The number of carbonyl (C=O) groups is 1. The lowest BCUT2D eigenvalue weighted by Gasteiger charge is -2.34. The average molecular weight is 448 g/mol. The Morgan fingerprint density at radius 1 is 1.13 bits per heavy atom. The summed E-state index contributed by atoms with van der Waals surface area (Å²) in [6.07, 6.45) is -0.844. The number of Topliss-reactive ketones (excluding diaryl/α,β-unsaturated/α-hetero) is 1. The van der Waals surface area contributed by atoms with Crippen LogP contribution >= 0.6 is 0 Å². The summed E-state index contributed by atoms with van der Waals surface area (Å²) in [6.45, 7) is 13.5. The molecule has 0 aromatic heterocycles. The van der Waals surface area contributed by atoms with Crippen LogP contribution in [0.5, 0.6) is 0 Å². The Kier molecular flexibility index (Phi) is 13.9. The maximum absolute atomic E-state index is 14.1. The molecule has 180 valence electrons. The maximum atomic E-state index is 14.1. The summed E-state index contributed by atoms with van der Waals surface area (Å²) < 4.78 is 51.8. The average Bonchev–Trinajstić information content (AvgIpc) is 2.72. The van der Waals surface area contributed by atoms with Crippen molar-refractivity contribution >= 4 is 5.78 Å². The van der Waals surface area contributed by atoms with Gasteiger partial charge in [-0.05, 0) is 68.0 Å². The predicted octanol–water partition coefficient (Wildman–Crippen LogP) is 7.48. The normalized spacial score (nSPS) is 16.0. The van der Waals surface area contributed by atoms with Crippen LogP contribution in [0.4, 0.5) is 17.6 Å². The molecular formula is C25H41F4NO. The van der Waals surface area contributed by atoms with Crippen LogP contribution in [-0.4, -0.2) is 36.5 Å². The van der Waals surface area contributed by atoms with Crippen molar-refractivity contribution < 1.29 is 22.4 Å². The zero-order chi connectivity index (χ0) is 24.2. The molecule has 1 aliphatic rings. The lowest BCUT2D eigenvalue weighted by molar-refractivity contribution is -0.148. The summed E-state index contributed by atoms with van der Waals surface area (Å²) in [5.41, 5.74) is 2.17. The molecule has 0 saturated carbocycles. The number of hydrogen-bond acceptors (Lipinski definition) is 2. The number of piperidine rings is 1. The lowest BCUT2D eigenvalue weighted by Crippen LogP contribution is -2.39. The van der Waals surface area contributed by atoms with E-state index in [0.717, 1.165) is 17.5 Å². The van der Waals surface area contributed by atoms with E-state index in [1.54, 1.807) is 13.0 Å². The van der Waals surface area contributed by atoms with Gasteiger partial charge >= 0.3 is 6.18 Å². The Bertz CT molecular complexity index is 650. The van der Waals surface area contributed by atoms with Crippen LogP contribution in [0.3, 0.4) is 0 Å². The molecule has 0 amide bonds. The molecule has 0 spiro atoms. The standard InChI is InChI=1S/C20H27F4NO.C3H8.C2H6/c1-4-13(2)18(26)11-16-5-6-17(21)14(3)19(16)15-7-9-25(10-8-15)12-20(22,23)24;1-3-2;1-2/h5-6,13,15H,4,7-12H2,1-3H3;3H2,1-2H3;1-2H3. The van der Waals surface area contributed by atoms with Gasteiger partial charge in [-0.25, -0.2) is 4.39 Å². The second-order valence-electron chi connectivity index (χ2n) is 8.07. The molecule has 1 atom stereocenters. The minimum Gasteiger partial charge on any atom is -0.299 e. The predicted molar refractivity (Wildman–Crippen MR) is 121 cm³/mol. The van der Waals surface area contributed by atoms with Crippen molar-refractivity contribution in [3.05, 3.63) is 34.6 Å². The highest BCUT2D eigenvalue weighted by atomic mass is 19.4. The summed E-state index contributed by atoms with van der Waals surface area (Å²) >= 11 is 0. The summed E-state index contributed by atoms with van der Waals surface area (Å²) in [7, 11) is 0. The zero-order valence-corrected chi connectivity index (χ0v) is 20.3. The number of nitrogens with zero attached hydrogens (tertiary/aromatic N) is 1. The van der Waals surface area contributed by atoms with Gasteiger partial charge in [-0.1, -0.05) is 54.0 Å². The van der Waals surface area contributed by atoms with Crippen molar-refractivity contribution in [1.29, 1.82) is 0 Å². The van der Waals surface area contributed by atoms with Crippen LogP contribution in [0.25, 0.3) is 0 Å². The first kappa shape index (κ1) is 29.6. The van der Waals surface area contributed by atoms with Gasteiger partial charge in [-0.15, -0.1) is 0 Å². The van der Waals surface area contributed by atoms with Crippen LogP contribution in [-0.2, 0) is 11.2 Å². The highest BCUT2D eigenvalue weighted by molar-refractivity contribution is 5.83. The van der Waals surface area contributed by atoms with Gasteiger partial charge in [0.1, 0.15) is 11.6 Å². The Balaban J connectivity index is 0.00000165. The summed E-state index contributed by atoms with van der Waals surface area (Å²) in [6, 6.07) is 3.05. The molecule has 2 nitrogen and oxygen atoms in total. The van der Waals surface area contributed by atoms with Crippen LogP contribution in [0, 0.1) is 18.7 Å². The molecule has 31 heavy (non-hydrogen) atoms. The molecule has 1 aromatic rings. The fraction of sp³-hybridized carbons (Fsp3) is 0.720. The monoisotopic (exact) mass is 447 g/mol. The fourth-order valence-electron chi connectivity index (χ4n) is 3.70. The summed E-state index contributed by atoms with van der Waals surface area (Å²) in [5.74, 6) is -0.261. The zero-order valence-electron chi connectivity index (χ0n) is 20.3. The highest BCUT2D eigenvalue weighted by Gasteiger charge is 2.33. The number of alkyl halides is 3. The summed E-state index contributed by atoms with van der Waals surface area (Å²) in [4.78, 5) is 13.8. The highest BCUT2D eigenvalue weighted by Crippen LogP contribution is 2.35. The van der Waals surface area contributed by atoms with Crippen molar-refractivity contribution in [2.24, 2.45) is 5.92 Å². The quantitative estimate of drug-likeness (QED) is 0.421. The van der Waals surface area contributed by atoms with Crippen molar-refractivity contribution in [2.75, 3.05) is 19.6 Å². The van der Waals surface area contributed by atoms with Gasteiger partial charge in [0.15, 0.2) is 0 Å². The molecule has 6 heteroatoms. The van der Waals surface area contributed by atoms with E-state index >= 15 is 0 Å². The van der Waals surface area contributed by atoms with Gasteiger partial charge in [0.05, 0.1) is 6.54 Å². The van der Waals surface area contributed by atoms with Crippen molar-refractivity contribution in [1.82, 2.24) is 4.90 Å². The molecule has 1 aliphatic heterocycles. The Morgan fingerprint density at radius 3 is 2.10 bits per heavy atom. The molecule has 0 aliphatic carbocycles. The number of likely N-dealkylation sites (tertiary alicyclic amines) is 1. The molecule has 1 unspecified atom stereocenters. The third-order valence-electron chi connectivity index (χ3n) is 5.46. The molecule has 1 heterocycles. The SMILES string of the molecule is CC.CCC.CCC(C)C(=O)Cc1ccc(F)c(C)c1C1CCN(CC(F)(F)F)CC1. The van der Waals surface area contributed by atoms with Crippen molar-refractivity contribution in [3.63, 3.8) is 0 Å². The molecule has 1 saturated heterocycles. The molecule has 0 bridgehead atoms. The molecular weight excluding hydrogens is 406 g/mol. The van der Waals surface area contributed by atoms with E-state index in [0.29, 0.717) is 31.5 Å². The third-order valence-corrected chi connectivity index (χ3v) is 5.46. The fourth-order valence-corrected chi connectivity index (χ4v) is 3.70. The van der Waals surface area contributed by atoms with E-state index in [2.05, 4.69) is 13.8 Å². The molecule has 1 aromatic carbocycles. The minimum atomic E-state index is -4.20. The maximum Gasteiger partial charge on any atom is 0.401 e.